The molecule has 0 heterocycles. The first kappa shape index (κ1) is 16.6. The van der Waals surface area contributed by atoms with E-state index in [0.29, 0.717) is 25.0 Å². The van der Waals surface area contributed by atoms with Crippen molar-refractivity contribution in [1.82, 2.24) is 0 Å². The lowest BCUT2D eigenvalue weighted by molar-refractivity contribution is -0.135. The molecule has 3 unspecified atom stereocenters. The van der Waals surface area contributed by atoms with E-state index in [2.05, 4.69) is 10.0 Å². The van der Waals surface area contributed by atoms with Crippen LogP contribution in [0.1, 0.15) is 38.5 Å². The average molecular weight is 343 g/mol. The van der Waals surface area contributed by atoms with Crippen LogP contribution in [0.5, 0.6) is 0 Å². The predicted molar refractivity (Wildman–Crippen MR) is 93.3 cm³/mol. The summed E-state index contributed by atoms with van der Waals surface area (Å²) in [5.74, 6) is 0.670. The number of nitrogens with two attached hydrogens (primary N) is 2. The van der Waals surface area contributed by atoms with Gasteiger partial charge in [0.1, 0.15) is 11.5 Å². The monoisotopic (exact) mass is 343 g/mol. The third kappa shape index (κ3) is 2.00. The Morgan fingerprint density at radius 3 is 2.84 bits per heavy atom. The zero-order valence-corrected chi connectivity index (χ0v) is 14.3. The van der Waals surface area contributed by atoms with Crippen LogP contribution < -0.4 is 11.5 Å². The number of azide groups is 1. The molecule has 0 radical (unpaired) electrons. The Balaban J connectivity index is 1.76. The lowest BCUT2D eigenvalue weighted by Crippen LogP contribution is -2.79. The van der Waals surface area contributed by atoms with E-state index in [1.165, 1.54) is 0 Å². The van der Waals surface area contributed by atoms with Crippen molar-refractivity contribution in [2.24, 2.45) is 39.8 Å². The molecule has 0 amide bonds. The summed E-state index contributed by atoms with van der Waals surface area (Å²) in [5, 5.41) is 13.6. The van der Waals surface area contributed by atoms with Gasteiger partial charge in [-0.3, -0.25) is 4.79 Å². The number of aliphatic hydroxyl groups excluding tert-OH is 1. The van der Waals surface area contributed by atoms with Gasteiger partial charge in [0, 0.05) is 40.3 Å². The van der Waals surface area contributed by atoms with Crippen LogP contribution in [-0.4, -0.2) is 28.5 Å². The number of aliphatic hydroxyl groups is 1. The highest BCUT2D eigenvalue weighted by atomic mass is 16.3. The maximum atomic E-state index is 12.7. The molecule has 0 saturated heterocycles. The molecule has 0 aromatic carbocycles. The average Bonchev–Trinajstić information content (AvgIpc) is 2.92. The third-order valence-corrected chi connectivity index (χ3v) is 7.58. The van der Waals surface area contributed by atoms with Crippen molar-refractivity contribution in [3.05, 3.63) is 34.4 Å². The molecule has 4 aliphatic rings. The molecule has 4 aliphatic carbocycles. The normalized spacial score (nSPS) is 48.0. The highest BCUT2D eigenvalue weighted by molar-refractivity contribution is 5.88. The molecule has 0 bridgehead atoms. The quantitative estimate of drug-likeness (QED) is 0.402. The molecule has 0 spiro atoms. The molecule has 6 atom stereocenters. The van der Waals surface area contributed by atoms with Crippen molar-refractivity contribution in [3.63, 3.8) is 0 Å². The Hall–Kier alpha value is -1.82. The van der Waals surface area contributed by atoms with Crippen molar-refractivity contribution in [1.29, 1.82) is 0 Å². The van der Waals surface area contributed by atoms with Crippen LogP contribution in [0.2, 0.25) is 0 Å². The molecule has 4 rings (SSSR count). The van der Waals surface area contributed by atoms with E-state index < -0.39 is 16.5 Å². The van der Waals surface area contributed by atoms with E-state index in [-0.39, 0.29) is 30.1 Å². The first-order chi connectivity index (χ1) is 11.9. The Morgan fingerprint density at radius 1 is 1.28 bits per heavy atom. The fraction of sp³-hybridized carbons (Fsp3) is 0.722. The number of Topliss-reactive ketones (excluding diaryl/α,β-unsaturated/α-hetero) is 1. The number of rotatable bonds is 2. The van der Waals surface area contributed by atoms with Gasteiger partial charge in [0.2, 0.25) is 0 Å². The topological polar surface area (TPSA) is 138 Å². The standard InChI is InChI=1S/C18H25N5O2/c19-17-8-7-16(10-22-23-21)14(3-4-15(16)25)18(17,20)6-5-11-9-12(24)1-2-13(11)17/h1-2,9,11,13-14,24H,3-8,10,19-20H2/t11?,13?,14?,16-,17+,18-/m1/s1. The van der Waals surface area contributed by atoms with Crippen molar-refractivity contribution in [3.8, 4) is 0 Å². The predicted octanol–water partition coefficient (Wildman–Crippen LogP) is 2.49. The minimum absolute atomic E-state index is 0.0504. The zero-order valence-electron chi connectivity index (χ0n) is 14.3. The first-order valence-electron chi connectivity index (χ1n) is 9.08. The molecular weight excluding hydrogens is 318 g/mol. The van der Waals surface area contributed by atoms with Gasteiger partial charge in [-0.25, -0.2) is 0 Å². The van der Waals surface area contributed by atoms with Crippen LogP contribution >= 0.6 is 0 Å². The maximum absolute atomic E-state index is 12.7. The van der Waals surface area contributed by atoms with Crippen LogP contribution in [0.4, 0.5) is 0 Å². The van der Waals surface area contributed by atoms with Crippen LogP contribution in [0, 0.1) is 23.2 Å². The van der Waals surface area contributed by atoms with E-state index in [9.17, 15) is 9.90 Å². The lowest BCUT2D eigenvalue weighted by atomic mass is 9.44. The highest BCUT2D eigenvalue weighted by Gasteiger charge is 2.68. The van der Waals surface area contributed by atoms with Gasteiger partial charge >= 0.3 is 0 Å². The maximum Gasteiger partial charge on any atom is 0.139 e. The summed E-state index contributed by atoms with van der Waals surface area (Å²) >= 11 is 0. The fourth-order valence-corrected chi connectivity index (χ4v) is 6.31. The molecule has 0 aromatic heterocycles. The molecule has 0 aliphatic heterocycles. The van der Waals surface area contributed by atoms with Crippen molar-refractivity contribution < 1.29 is 9.90 Å². The summed E-state index contributed by atoms with van der Waals surface area (Å²) in [6.07, 6.45) is 9.63. The smallest absolute Gasteiger partial charge is 0.139 e. The van der Waals surface area contributed by atoms with Gasteiger partial charge in [-0.1, -0.05) is 11.2 Å². The van der Waals surface area contributed by atoms with Crippen LogP contribution in [0.3, 0.4) is 0 Å². The number of allylic oxidation sites excluding steroid dienone is 2. The van der Waals surface area contributed by atoms with Crippen LogP contribution in [-0.2, 0) is 4.79 Å². The van der Waals surface area contributed by atoms with Gasteiger partial charge in [0.15, 0.2) is 0 Å². The zero-order chi connectivity index (χ0) is 17.9. The molecule has 7 nitrogen and oxygen atoms in total. The van der Waals surface area contributed by atoms with Gasteiger partial charge in [-0.2, -0.15) is 0 Å². The Kier molecular flexibility index (Phi) is 3.55. The third-order valence-electron chi connectivity index (χ3n) is 7.58. The molecular formula is C18H25N5O2. The molecule has 7 heteroatoms. The molecule has 0 aromatic rings. The Bertz CT molecular complexity index is 727. The van der Waals surface area contributed by atoms with Crippen molar-refractivity contribution in [2.75, 3.05) is 6.54 Å². The number of hydrogen-bond acceptors (Lipinski definition) is 5. The fourth-order valence-electron chi connectivity index (χ4n) is 6.31. The number of fused-ring (bicyclic) bond motifs is 5. The van der Waals surface area contributed by atoms with Crippen LogP contribution in [0.25, 0.3) is 10.4 Å². The Morgan fingerprint density at radius 2 is 2.08 bits per heavy atom. The van der Waals surface area contributed by atoms with Gasteiger partial charge in [0.25, 0.3) is 0 Å². The van der Waals surface area contributed by atoms with E-state index in [1.807, 2.05) is 12.2 Å². The van der Waals surface area contributed by atoms with Gasteiger partial charge in [-0.05, 0) is 61.6 Å². The van der Waals surface area contributed by atoms with Gasteiger partial charge < -0.3 is 16.6 Å². The van der Waals surface area contributed by atoms with E-state index in [1.54, 1.807) is 6.08 Å². The van der Waals surface area contributed by atoms with Crippen LogP contribution in [0.15, 0.2) is 29.1 Å². The molecule has 3 saturated carbocycles. The number of carbonyl (C=O) groups is 1. The summed E-state index contributed by atoms with van der Waals surface area (Å²) in [4.78, 5) is 15.6. The number of nitrogens with zero attached hydrogens (tertiary/aromatic N) is 3. The first-order valence-corrected chi connectivity index (χ1v) is 9.08. The van der Waals surface area contributed by atoms with Crippen molar-refractivity contribution in [2.45, 2.75) is 49.6 Å². The number of carbonyl (C=O) groups excluding carboxylic acids is 1. The van der Waals surface area contributed by atoms with E-state index in [4.69, 9.17) is 17.0 Å². The summed E-state index contributed by atoms with van der Waals surface area (Å²) in [6.45, 7) is 0.187. The highest BCUT2D eigenvalue weighted by Crippen LogP contribution is 2.62. The van der Waals surface area contributed by atoms with Gasteiger partial charge in [0.05, 0.1) is 0 Å². The second-order valence-corrected chi connectivity index (χ2v) is 8.32. The molecule has 5 N–H and O–H groups in total. The van der Waals surface area contributed by atoms with Crippen molar-refractivity contribution >= 4 is 5.78 Å². The summed E-state index contributed by atoms with van der Waals surface area (Å²) in [5.41, 5.74) is 20.9. The molecule has 3 fully saturated rings. The summed E-state index contributed by atoms with van der Waals surface area (Å²) < 4.78 is 0. The number of ketones is 1. The number of hydrogen-bond donors (Lipinski definition) is 3. The molecule has 134 valence electrons. The largest absolute Gasteiger partial charge is 0.508 e. The molecule has 25 heavy (non-hydrogen) atoms. The van der Waals surface area contributed by atoms with Gasteiger partial charge in [-0.15, -0.1) is 0 Å². The summed E-state index contributed by atoms with van der Waals surface area (Å²) in [7, 11) is 0. The minimum atomic E-state index is -0.658. The SMILES string of the molecule is [N-]=[N+]=NC[C@]12CC[C@]3(N)C4C=CC(O)=CC4CC[C@@]3(N)C1CCC2=O. The minimum Gasteiger partial charge on any atom is -0.508 e. The second kappa shape index (κ2) is 5.34. The van der Waals surface area contributed by atoms with E-state index >= 15 is 0 Å². The lowest BCUT2D eigenvalue weighted by Gasteiger charge is -2.64. The second-order valence-electron chi connectivity index (χ2n) is 8.32. The van der Waals surface area contributed by atoms with E-state index in [0.717, 1.165) is 19.3 Å². The Labute approximate surface area is 146 Å². The summed E-state index contributed by atoms with van der Waals surface area (Å²) in [6, 6.07) is 0.